The molecule has 154 valence electrons. The van der Waals surface area contributed by atoms with Gasteiger partial charge < -0.3 is 9.80 Å². The average molecular weight is 403 g/mol. The Morgan fingerprint density at radius 2 is 1.87 bits per heavy atom. The Hall–Kier alpha value is -3.23. The van der Waals surface area contributed by atoms with E-state index in [0.29, 0.717) is 11.2 Å². The van der Waals surface area contributed by atoms with Gasteiger partial charge in [0.1, 0.15) is 11.5 Å². The van der Waals surface area contributed by atoms with Gasteiger partial charge in [0, 0.05) is 32.1 Å². The Kier molecular flexibility index (Phi) is 4.72. The van der Waals surface area contributed by atoms with Crippen LogP contribution in [0.1, 0.15) is 16.8 Å². The number of rotatable bonds is 3. The van der Waals surface area contributed by atoms with Crippen molar-refractivity contribution in [1.82, 2.24) is 30.1 Å². The summed E-state index contributed by atoms with van der Waals surface area (Å²) in [4.78, 5) is 27.2. The van der Waals surface area contributed by atoms with E-state index in [2.05, 4.69) is 39.8 Å². The molecule has 4 heterocycles. The number of hydrogen-bond donors (Lipinski definition) is 2. The number of para-hydroxylation sites is 2. The first kappa shape index (κ1) is 18.8. The monoisotopic (exact) mass is 403 g/mol. The van der Waals surface area contributed by atoms with Crippen LogP contribution in [0, 0.1) is 0 Å². The van der Waals surface area contributed by atoms with Gasteiger partial charge in [-0.2, -0.15) is 0 Å². The van der Waals surface area contributed by atoms with Crippen LogP contribution in [0.3, 0.4) is 0 Å². The van der Waals surface area contributed by atoms with Crippen molar-refractivity contribution in [3.63, 3.8) is 0 Å². The molecule has 0 atom stereocenters. The molecule has 1 aliphatic heterocycles. The Balaban J connectivity index is 1.74. The summed E-state index contributed by atoms with van der Waals surface area (Å²) in [7, 11) is 3.83. The highest BCUT2D eigenvalue weighted by molar-refractivity contribution is 6.05. The molecule has 8 nitrogen and oxygen atoms in total. The number of nitrogens with zero attached hydrogens (tertiary/aromatic N) is 5. The minimum absolute atomic E-state index is 0.223. The van der Waals surface area contributed by atoms with Crippen molar-refractivity contribution < 1.29 is 4.79 Å². The standard InChI is InChI=1S/C22H25N7O/c1-23-26-22(30)16-14-15-8-9-19(28-11-5-10-27(2)12-13-28)25-20(15)29-18-7-4-3-6-17(18)24-21(16)29/h3-4,6-9,14,23H,5,10-13H2,1-2H3,(H,26,30). The van der Waals surface area contributed by atoms with E-state index in [4.69, 9.17) is 9.97 Å². The van der Waals surface area contributed by atoms with Crippen LogP contribution in [-0.2, 0) is 0 Å². The lowest BCUT2D eigenvalue weighted by atomic mass is 10.2. The molecule has 0 radical (unpaired) electrons. The van der Waals surface area contributed by atoms with Gasteiger partial charge in [-0.25, -0.2) is 15.4 Å². The molecule has 5 rings (SSSR count). The summed E-state index contributed by atoms with van der Waals surface area (Å²) in [5, 5.41) is 0.905. The number of carbonyl (C=O) groups excluding carboxylic acids is 1. The second-order valence-corrected chi connectivity index (χ2v) is 7.75. The Morgan fingerprint density at radius 1 is 1.00 bits per heavy atom. The highest BCUT2D eigenvalue weighted by Gasteiger charge is 2.20. The van der Waals surface area contributed by atoms with Gasteiger partial charge >= 0.3 is 0 Å². The van der Waals surface area contributed by atoms with Crippen LogP contribution in [0.2, 0.25) is 0 Å². The molecule has 1 aromatic carbocycles. The average Bonchev–Trinajstić information content (AvgIpc) is 3.01. The van der Waals surface area contributed by atoms with Crippen LogP contribution < -0.4 is 15.8 Å². The van der Waals surface area contributed by atoms with Gasteiger partial charge in [-0.1, -0.05) is 12.1 Å². The lowest BCUT2D eigenvalue weighted by Crippen LogP contribution is -2.34. The SMILES string of the molecule is CNNC(=O)c1cc2ccc(N3CCCN(C)CC3)nc2n2c1nc1ccccc12. The van der Waals surface area contributed by atoms with Gasteiger partial charge in [0.2, 0.25) is 0 Å². The highest BCUT2D eigenvalue weighted by atomic mass is 16.2. The molecule has 1 saturated heterocycles. The lowest BCUT2D eigenvalue weighted by Gasteiger charge is -2.22. The van der Waals surface area contributed by atoms with Crippen molar-refractivity contribution in [2.24, 2.45) is 0 Å². The minimum atomic E-state index is -0.223. The number of benzene rings is 1. The number of carbonyl (C=O) groups is 1. The molecule has 0 saturated carbocycles. The summed E-state index contributed by atoms with van der Waals surface area (Å²) in [5.41, 5.74) is 9.09. The number of hydrogen-bond acceptors (Lipinski definition) is 6. The molecule has 1 fully saturated rings. The molecule has 8 heteroatoms. The fourth-order valence-electron chi connectivity index (χ4n) is 4.18. The number of nitrogens with one attached hydrogen (secondary N) is 2. The van der Waals surface area contributed by atoms with Gasteiger partial charge in [-0.3, -0.25) is 14.6 Å². The lowest BCUT2D eigenvalue weighted by molar-refractivity contribution is 0.0939. The second-order valence-electron chi connectivity index (χ2n) is 7.75. The summed E-state index contributed by atoms with van der Waals surface area (Å²) in [5.74, 6) is 0.739. The van der Waals surface area contributed by atoms with E-state index in [0.717, 1.165) is 60.5 Å². The van der Waals surface area contributed by atoms with E-state index in [-0.39, 0.29) is 5.91 Å². The second kappa shape index (κ2) is 7.55. The fraction of sp³-hybridized carbons (Fsp3) is 0.318. The number of aromatic nitrogens is 3. The van der Waals surface area contributed by atoms with Crippen LogP contribution in [0.15, 0.2) is 42.5 Å². The van der Waals surface area contributed by atoms with Crippen molar-refractivity contribution in [3.05, 3.63) is 48.0 Å². The zero-order chi connectivity index (χ0) is 20.7. The number of imidazole rings is 1. The highest BCUT2D eigenvalue weighted by Crippen LogP contribution is 2.27. The van der Waals surface area contributed by atoms with E-state index in [9.17, 15) is 4.79 Å². The van der Waals surface area contributed by atoms with Crippen LogP contribution in [-0.4, -0.2) is 65.5 Å². The third-order valence-electron chi connectivity index (χ3n) is 5.73. The van der Waals surface area contributed by atoms with Crippen molar-refractivity contribution in [2.75, 3.05) is 45.2 Å². The van der Waals surface area contributed by atoms with Gasteiger partial charge in [0.25, 0.3) is 5.91 Å². The largest absolute Gasteiger partial charge is 0.355 e. The first-order valence-corrected chi connectivity index (χ1v) is 10.3. The maximum absolute atomic E-state index is 12.7. The molecule has 3 aromatic heterocycles. The third-order valence-corrected chi connectivity index (χ3v) is 5.73. The smallest absolute Gasteiger partial charge is 0.269 e. The molecular formula is C22H25N7O. The number of pyridine rings is 2. The van der Waals surface area contributed by atoms with E-state index in [1.165, 1.54) is 0 Å². The van der Waals surface area contributed by atoms with Crippen molar-refractivity contribution >= 4 is 39.4 Å². The zero-order valence-electron chi connectivity index (χ0n) is 17.2. The van der Waals surface area contributed by atoms with Crippen LogP contribution in [0.25, 0.3) is 27.7 Å². The predicted molar refractivity (Wildman–Crippen MR) is 119 cm³/mol. The first-order valence-electron chi connectivity index (χ1n) is 10.3. The van der Waals surface area contributed by atoms with Crippen LogP contribution >= 0.6 is 0 Å². The van der Waals surface area contributed by atoms with Gasteiger partial charge in [0.05, 0.1) is 16.6 Å². The Morgan fingerprint density at radius 3 is 2.73 bits per heavy atom. The van der Waals surface area contributed by atoms with Crippen molar-refractivity contribution in [3.8, 4) is 0 Å². The van der Waals surface area contributed by atoms with Crippen LogP contribution in [0.5, 0.6) is 0 Å². The Bertz CT molecular complexity index is 1250. The Labute approximate surface area is 174 Å². The number of anilines is 1. The predicted octanol–water partition coefficient (Wildman–Crippen LogP) is 2.04. The normalized spacial score (nSPS) is 15.7. The van der Waals surface area contributed by atoms with E-state index < -0.39 is 0 Å². The molecule has 30 heavy (non-hydrogen) atoms. The molecule has 0 spiro atoms. The third kappa shape index (κ3) is 3.14. The van der Waals surface area contributed by atoms with E-state index >= 15 is 0 Å². The number of hydrazine groups is 1. The molecule has 2 N–H and O–H groups in total. The van der Waals surface area contributed by atoms with E-state index in [1.807, 2.05) is 34.7 Å². The summed E-state index contributed by atoms with van der Waals surface area (Å²) in [6.07, 6.45) is 1.11. The van der Waals surface area contributed by atoms with E-state index in [1.54, 1.807) is 7.05 Å². The summed E-state index contributed by atoms with van der Waals surface area (Å²) >= 11 is 0. The van der Waals surface area contributed by atoms with Crippen LogP contribution in [0.4, 0.5) is 5.82 Å². The number of amides is 1. The molecule has 0 unspecified atom stereocenters. The molecule has 0 bridgehead atoms. The van der Waals surface area contributed by atoms with Gasteiger partial charge in [-0.15, -0.1) is 0 Å². The minimum Gasteiger partial charge on any atom is -0.355 e. The maximum atomic E-state index is 12.7. The number of fused-ring (bicyclic) bond motifs is 5. The first-order chi connectivity index (χ1) is 14.7. The molecule has 4 aromatic rings. The number of likely N-dealkylation sites (N-methyl/N-ethyl adjacent to an activating group) is 1. The topological polar surface area (TPSA) is 77.8 Å². The summed E-state index contributed by atoms with van der Waals surface area (Å²) < 4.78 is 2.00. The molecule has 0 aliphatic carbocycles. The fourth-order valence-corrected chi connectivity index (χ4v) is 4.18. The van der Waals surface area contributed by atoms with Gasteiger partial charge in [-0.05, 0) is 50.3 Å². The molecule has 1 amide bonds. The molecular weight excluding hydrogens is 378 g/mol. The molecule has 1 aliphatic rings. The maximum Gasteiger partial charge on any atom is 0.269 e. The summed E-state index contributed by atoms with van der Waals surface area (Å²) in [6, 6.07) is 13.9. The quantitative estimate of drug-likeness (QED) is 0.510. The zero-order valence-corrected chi connectivity index (χ0v) is 17.2. The van der Waals surface area contributed by atoms with Gasteiger partial charge in [0.15, 0.2) is 5.65 Å². The van der Waals surface area contributed by atoms with Crippen molar-refractivity contribution in [2.45, 2.75) is 6.42 Å². The van der Waals surface area contributed by atoms with Crippen molar-refractivity contribution in [1.29, 1.82) is 0 Å². The summed E-state index contributed by atoms with van der Waals surface area (Å²) in [6.45, 7) is 4.06.